The topological polar surface area (TPSA) is 143 Å². The van der Waals surface area contributed by atoms with E-state index < -0.39 is 22.7 Å². The average Bonchev–Trinajstić information content (AvgIpc) is 3.30. The van der Waals surface area contributed by atoms with Crippen molar-refractivity contribution in [2.75, 3.05) is 10.6 Å². The Bertz CT molecular complexity index is 1300. The molecule has 0 radical (unpaired) electrons. The largest absolute Gasteiger partial charge is 0.467 e. The van der Waals surface area contributed by atoms with E-state index in [4.69, 9.17) is 10.2 Å². The van der Waals surface area contributed by atoms with Gasteiger partial charge in [0.25, 0.3) is 17.4 Å². The molecule has 0 unspecified atom stereocenters. The fourth-order valence-electron chi connectivity index (χ4n) is 3.52. The second-order valence-corrected chi connectivity index (χ2v) is 9.25. The number of nitrogens with one attached hydrogen (secondary N) is 2. The summed E-state index contributed by atoms with van der Waals surface area (Å²) in [5.41, 5.74) is 4.91. The number of benzene rings is 1. The van der Waals surface area contributed by atoms with Crippen LogP contribution in [-0.2, 0) is 13.1 Å². The third-order valence-corrected chi connectivity index (χ3v) is 5.24. The summed E-state index contributed by atoms with van der Waals surface area (Å²) < 4.78 is 6.65. The van der Waals surface area contributed by atoms with Crippen molar-refractivity contribution >= 4 is 23.3 Å². The molecule has 2 heterocycles. The lowest BCUT2D eigenvalue weighted by molar-refractivity contribution is 0.0917. The summed E-state index contributed by atoms with van der Waals surface area (Å²) in [7, 11) is 0. The summed E-state index contributed by atoms with van der Waals surface area (Å²) in [6, 6.07) is 9.41. The first-order valence-electron chi connectivity index (χ1n) is 11.4. The van der Waals surface area contributed by atoms with Crippen LogP contribution < -0.4 is 27.2 Å². The van der Waals surface area contributed by atoms with Crippen LogP contribution in [0, 0.1) is 0 Å². The zero-order chi connectivity index (χ0) is 25.8. The first-order chi connectivity index (χ1) is 16.5. The Hall–Kier alpha value is -4.08. The Labute approximate surface area is 202 Å². The molecule has 10 heteroatoms. The van der Waals surface area contributed by atoms with E-state index >= 15 is 0 Å². The van der Waals surface area contributed by atoms with Crippen molar-refractivity contribution in [1.82, 2.24) is 14.9 Å². The zero-order valence-electron chi connectivity index (χ0n) is 20.4. The highest BCUT2D eigenvalue weighted by molar-refractivity contribution is 6.07. The van der Waals surface area contributed by atoms with Crippen LogP contribution in [0.1, 0.15) is 67.0 Å². The van der Waals surface area contributed by atoms with Crippen LogP contribution >= 0.6 is 0 Å². The van der Waals surface area contributed by atoms with Gasteiger partial charge in [-0.3, -0.25) is 28.8 Å². The van der Waals surface area contributed by atoms with Crippen LogP contribution in [0.5, 0.6) is 0 Å². The molecule has 0 saturated heterocycles. The van der Waals surface area contributed by atoms with Crippen LogP contribution in [-0.4, -0.2) is 26.9 Å². The fourth-order valence-corrected chi connectivity index (χ4v) is 3.52. The first kappa shape index (κ1) is 25.5. The number of rotatable bonds is 8. The van der Waals surface area contributed by atoms with Gasteiger partial charge in [0, 0.05) is 23.2 Å². The Kier molecular flexibility index (Phi) is 7.63. The summed E-state index contributed by atoms with van der Waals surface area (Å²) in [5, 5.41) is 2.86. The number of amides is 2. The monoisotopic (exact) mass is 481 g/mol. The molecule has 0 aliphatic carbocycles. The lowest BCUT2D eigenvalue weighted by Gasteiger charge is -2.24. The summed E-state index contributed by atoms with van der Waals surface area (Å²) >= 11 is 0. The van der Waals surface area contributed by atoms with Gasteiger partial charge in [0.1, 0.15) is 11.6 Å². The highest BCUT2D eigenvalue weighted by Gasteiger charge is 2.27. The van der Waals surface area contributed by atoms with Gasteiger partial charge in [-0.2, -0.15) is 0 Å². The van der Waals surface area contributed by atoms with Crippen molar-refractivity contribution in [3.8, 4) is 0 Å². The van der Waals surface area contributed by atoms with E-state index in [1.807, 2.05) is 27.7 Å². The molecule has 3 rings (SSSR count). The molecule has 4 N–H and O–H groups in total. The molecular formula is C25H31N5O5. The van der Waals surface area contributed by atoms with E-state index in [0.29, 0.717) is 24.3 Å². The van der Waals surface area contributed by atoms with E-state index in [1.165, 1.54) is 40.0 Å². The number of hydrogen-bond donors (Lipinski definition) is 3. The van der Waals surface area contributed by atoms with E-state index in [1.54, 1.807) is 12.1 Å². The van der Waals surface area contributed by atoms with Gasteiger partial charge in [-0.1, -0.05) is 13.3 Å². The Morgan fingerprint density at radius 2 is 1.77 bits per heavy atom. The third-order valence-electron chi connectivity index (χ3n) is 5.24. The predicted molar refractivity (Wildman–Crippen MR) is 134 cm³/mol. The Morgan fingerprint density at radius 3 is 2.34 bits per heavy atom. The molecule has 0 saturated carbocycles. The van der Waals surface area contributed by atoms with Crippen molar-refractivity contribution in [3.05, 3.63) is 80.4 Å². The number of nitrogens with zero attached hydrogens (tertiary/aromatic N) is 2. The van der Waals surface area contributed by atoms with Crippen molar-refractivity contribution in [2.24, 2.45) is 0 Å². The second kappa shape index (κ2) is 10.5. The summed E-state index contributed by atoms with van der Waals surface area (Å²) in [6.45, 7) is 7.79. The van der Waals surface area contributed by atoms with Crippen LogP contribution in [0.3, 0.4) is 0 Å². The van der Waals surface area contributed by atoms with Crippen LogP contribution in [0.15, 0.2) is 56.7 Å². The molecule has 0 aliphatic rings. The molecule has 186 valence electrons. The van der Waals surface area contributed by atoms with Crippen molar-refractivity contribution in [1.29, 1.82) is 0 Å². The molecule has 10 nitrogen and oxygen atoms in total. The van der Waals surface area contributed by atoms with E-state index in [9.17, 15) is 19.2 Å². The molecule has 3 aromatic rings. The van der Waals surface area contributed by atoms with Crippen molar-refractivity contribution in [2.45, 2.75) is 59.2 Å². The quantitative estimate of drug-likeness (QED) is 0.451. The highest BCUT2D eigenvalue weighted by atomic mass is 16.3. The molecule has 0 spiro atoms. The number of aromatic nitrogens is 2. The van der Waals surface area contributed by atoms with E-state index in [2.05, 4.69) is 10.3 Å². The minimum atomic E-state index is -0.777. The maximum Gasteiger partial charge on any atom is 0.330 e. The molecule has 0 aliphatic heterocycles. The van der Waals surface area contributed by atoms with Gasteiger partial charge in [-0.15, -0.1) is 0 Å². The second-order valence-electron chi connectivity index (χ2n) is 9.25. The first-order valence-corrected chi connectivity index (χ1v) is 11.4. The summed E-state index contributed by atoms with van der Waals surface area (Å²) in [4.78, 5) is 54.7. The number of H-pyrrole nitrogens is 1. The zero-order valence-corrected chi connectivity index (χ0v) is 20.4. The van der Waals surface area contributed by atoms with Gasteiger partial charge < -0.3 is 15.5 Å². The average molecular weight is 482 g/mol. The van der Waals surface area contributed by atoms with Crippen LogP contribution in [0.25, 0.3) is 0 Å². The molecule has 0 atom stereocenters. The number of nitrogens with two attached hydrogens (primary N) is 1. The number of carbonyl (C=O) groups excluding carboxylic acids is 2. The standard InChI is InChI=1S/C25H31N5O5/c1-5-6-13-29-20(26)19(22(32)27-24(29)34)30(15-18-8-7-14-35-18)23(33)17-11-9-16(10-12-17)21(31)28-25(2,3)4/h7-12,14H,5-6,13,15,26H2,1-4H3,(H,28,31)(H,27,32,34). The number of aromatic amines is 1. The number of furan rings is 1. The van der Waals surface area contributed by atoms with Gasteiger partial charge in [0.2, 0.25) is 0 Å². The van der Waals surface area contributed by atoms with Gasteiger partial charge in [-0.25, -0.2) is 4.79 Å². The SMILES string of the molecule is CCCCn1c(N)c(N(Cc2ccco2)C(=O)c2ccc(C(=O)NC(C)(C)C)cc2)c(=O)[nH]c1=O. The molecular weight excluding hydrogens is 450 g/mol. The normalized spacial score (nSPS) is 11.3. The lowest BCUT2D eigenvalue weighted by atomic mass is 10.1. The van der Waals surface area contributed by atoms with Crippen molar-refractivity contribution < 1.29 is 14.0 Å². The number of anilines is 2. The predicted octanol–water partition coefficient (Wildman–Crippen LogP) is 2.89. The fraction of sp³-hybridized carbons (Fsp3) is 0.360. The number of carbonyl (C=O) groups is 2. The number of hydrogen-bond acceptors (Lipinski definition) is 6. The smallest absolute Gasteiger partial charge is 0.330 e. The van der Waals surface area contributed by atoms with Crippen molar-refractivity contribution in [3.63, 3.8) is 0 Å². The third kappa shape index (κ3) is 6.08. The molecule has 0 fully saturated rings. The molecule has 0 bridgehead atoms. The van der Waals surface area contributed by atoms with E-state index in [0.717, 1.165) is 6.42 Å². The van der Waals surface area contributed by atoms with Gasteiger partial charge in [0.05, 0.1) is 12.8 Å². The summed E-state index contributed by atoms with van der Waals surface area (Å²) in [6.07, 6.45) is 2.93. The number of unbranched alkanes of at least 4 members (excludes halogenated alkanes) is 1. The van der Waals surface area contributed by atoms with Crippen LogP contribution in [0.2, 0.25) is 0 Å². The Balaban J connectivity index is 2.03. The number of nitrogen functional groups attached to an aromatic ring is 1. The maximum atomic E-state index is 13.6. The molecule has 1 aromatic carbocycles. The summed E-state index contributed by atoms with van der Waals surface area (Å²) in [5.74, 6) is -0.493. The molecule has 2 amide bonds. The highest BCUT2D eigenvalue weighted by Crippen LogP contribution is 2.23. The van der Waals surface area contributed by atoms with E-state index in [-0.39, 0.29) is 29.5 Å². The van der Waals surface area contributed by atoms with Crippen LogP contribution in [0.4, 0.5) is 11.5 Å². The lowest BCUT2D eigenvalue weighted by Crippen LogP contribution is -2.41. The van der Waals surface area contributed by atoms with Gasteiger partial charge in [0.15, 0.2) is 5.69 Å². The minimum absolute atomic E-state index is 0.0860. The molecule has 2 aromatic heterocycles. The van der Waals surface area contributed by atoms with Gasteiger partial charge in [-0.05, 0) is 63.6 Å². The van der Waals surface area contributed by atoms with Gasteiger partial charge >= 0.3 is 5.69 Å². The maximum absolute atomic E-state index is 13.6. The molecule has 35 heavy (non-hydrogen) atoms. The minimum Gasteiger partial charge on any atom is -0.467 e. The Morgan fingerprint density at radius 1 is 1.11 bits per heavy atom.